The molecule has 0 spiro atoms. The molecule has 2 aromatic carbocycles. The minimum absolute atomic E-state index is 0.0277. The van der Waals surface area contributed by atoms with Gasteiger partial charge in [0.05, 0.1) is 0 Å². The van der Waals surface area contributed by atoms with Crippen molar-refractivity contribution in [1.82, 2.24) is 9.80 Å². The van der Waals surface area contributed by atoms with Gasteiger partial charge in [-0.15, -0.1) is 0 Å². The van der Waals surface area contributed by atoms with Crippen LogP contribution in [0.25, 0.3) is 0 Å². The van der Waals surface area contributed by atoms with Gasteiger partial charge in [-0.1, -0.05) is 23.7 Å². The van der Waals surface area contributed by atoms with Crippen molar-refractivity contribution in [2.75, 3.05) is 25.5 Å². The number of nitrogens with zero attached hydrogens (tertiary/aromatic N) is 2. The van der Waals surface area contributed by atoms with E-state index in [-0.39, 0.29) is 6.03 Å². The van der Waals surface area contributed by atoms with Gasteiger partial charge in [-0.05, 0) is 93.5 Å². The number of halogens is 1. The molecule has 2 bridgehead atoms. The Balaban J connectivity index is 1.10. The number of rotatable bonds is 4. The van der Waals surface area contributed by atoms with Gasteiger partial charge in [-0.25, -0.2) is 4.79 Å². The van der Waals surface area contributed by atoms with Gasteiger partial charge in [0, 0.05) is 35.9 Å². The number of anilines is 1. The smallest absolute Gasteiger partial charge is 0.321 e. The fourth-order valence-electron chi connectivity index (χ4n) is 5.62. The van der Waals surface area contributed by atoms with Gasteiger partial charge in [0.2, 0.25) is 0 Å². The zero-order chi connectivity index (χ0) is 22.1. The highest BCUT2D eigenvalue weighted by molar-refractivity contribution is 6.30. The van der Waals surface area contributed by atoms with Crippen LogP contribution in [0.15, 0.2) is 48.5 Å². The summed E-state index contributed by atoms with van der Waals surface area (Å²) in [6, 6.07) is 17.2. The zero-order valence-corrected chi connectivity index (χ0v) is 19.4. The van der Waals surface area contributed by atoms with E-state index in [4.69, 9.17) is 16.3 Å². The average Bonchev–Trinajstić information content (AvgIpc) is 3.01. The van der Waals surface area contributed by atoms with E-state index in [1.54, 1.807) is 0 Å². The molecule has 3 saturated heterocycles. The monoisotopic (exact) mass is 453 g/mol. The number of likely N-dealkylation sites (tertiary alicyclic amines) is 1. The van der Waals surface area contributed by atoms with E-state index in [9.17, 15) is 4.79 Å². The number of piperidine rings is 2. The lowest BCUT2D eigenvalue weighted by Gasteiger charge is -2.36. The van der Waals surface area contributed by atoms with E-state index in [0.29, 0.717) is 24.1 Å². The molecule has 2 amide bonds. The Hall–Kier alpha value is -2.24. The Morgan fingerprint density at radius 2 is 1.56 bits per heavy atom. The number of carbonyl (C=O) groups is 1. The Kier molecular flexibility index (Phi) is 6.29. The molecule has 1 N–H and O–H groups in total. The molecular formula is C26H32ClN3O2. The van der Waals surface area contributed by atoms with Crippen LogP contribution in [0.3, 0.4) is 0 Å². The predicted molar refractivity (Wildman–Crippen MR) is 129 cm³/mol. The lowest BCUT2D eigenvalue weighted by atomic mass is 9.89. The molecule has 2 atom stereocenters. The van der Waals surface area contributed by atoms with Crippen LogP contribution in [-0.2, 0) is 0 Å². The van der Waals surface area contributed by atoms with Crippen LogP contribution in [0, 0.1) is 0 Å². The second-order valence-corrected chi connectivity index (χ2v) is 9.97. The summed E-state index contributed by atoms with van der Waals surface area (Å²) in [5.41, 5.74) is 2.12. The number of fused-ring (bicyclic) bond motifs is 2. The first-order chi connectivity index (χ1) is 15.5. The van der Waals surface area contributed by atoms with E-state index < -0.39 is 0 Å². The molecule has 170 valence electrons. The summed E-state index contributed by atoms with van der Waals surface area (Å²) in [6.45, 7) is 1.53. The first-order valence-electron chi connectivity index (χ1n) is 11.9. The number of ether oxygens (including phenoxy) is 1. The quantitative estimate of drug-likeness (QED) is 0.640. The molecule has 0 saturated carbocycles. The minimum Gasteiger partial charge on any atom is -0.490 e. The number of amides is 2. The zero-order valence-electron chi connectivity index (χ0n) is 18.7. The van der Waals surface area contributed by atoms with Crippen molar-refractivity contribution < 1.29 is 9.53 Å². The van der Waals surface area contributed by atoms with Crippen molar-refractivity contribution in [1.29, 1.82) is 0 Å². The van der Waals surface area contributed by atoms with E-state index in [1.165, 1.54) is 18.4 Å². The lowest BCUT2D eigenvalue weighted by molar-refractivity contribution is 0.0662. The van der Waals surface area contributed by atoms with Crippen molar-refractivity contribution >= 4 is 23.3 Å². The maximum Gasteiger partial charge on any atom is 0.321 e. The first-order valence-corrected chi connectivity index (χ1v) is 12.2. The molecule has 0 unspecified atom stereocenters. The highest BCUT2D eigenvalue weighted by Gasteiger charge is 2.39. The summed E-state index contributed by atoms with van der Waals surface area (Å²) < 4.78 is 6.26. The molecule has 5 rings (SSSR count). The van der Waals surface area contributed by atoms with Crippen LogP contribution >= 0.6 is 11.6 Å². The van der Waals surface area contributed by atoms with Gasteiger partial charge in [-0.2, -0.15) is 0 Å². The van der Waals surface area contributed by atoms with Crippen LogP contribution in [0.5, 0.6) is 5.75 Å². The fraction of sp³-hybridized carbons (Fsp3) is 0.500. The maximum atomic E-state index is 12.7. The predicted octanol–water partition coefficient (Wildman–Crippen LogP) is 5.76. The van der Waals surface area contributed by atoms with E-state index in [1.807, 2.05) is 41.3 Å². The third-order valence-electron chi connectivity index (χ3n) is 7.59. The average molecular weight is 454 g/mol. The molecule has 0 aliphatic carbocycles. The fourth-order valence-corrected chi connectivity index (χ4v) is 5.75. The third-order valence-corrected chi connectivity index (χ3v) is 7.84. The summed E-state index contributed by atoms with van der Waals surface area (Å²) in [5.74, 6) is 1.38. The summed E-state index contributed by atoms with van der Waals surface area (Å²) >= 11 is 6.00. The van der Waals surface area contributed by atoms with Crippen LogP contribution in [0.4, 0.5) is 10.5 Å². The van der Waals surface area contributed by atoms with Crippen molar-refractivity contribution in [3.05, 3.63) is 59.1 Å². The SMILES string of the molecule is CN1[C@H]2CC[C@H]1CC(Oc1ccc(NC(=O)N3CCC(c4ccc(Cl)cc4)CC3)cc1)C2. The largest absolute Gasteiger partial charge is 0.490 e. The van der Waals surface area contributed by atoms with Crippen LogP contribution in [-0.4, -0.2) is 54.2 Å². The van der Waals surface area contributed by atoms with Gasteiger partial charge >= 0.3 is 6.03 Å². The number of urea groups is 1. The van der Waals surface area contributed by atoms with Gasteiger partial charge < -0.3 is 19.9 Å². The summed E-state index contributed by atoms with van der Waals surface area (Å²) in [5, 5.41) is 3.81. The van der Waals surface area contributed by atoms with Crippen molar-refractivity contribution in [2.24, 2.45) is 0 Å². The molecule has 2 aromatic rings. The Bertz CT molecular complexity index is 911. The van der Waals surface area contributed by atoms with Crippen molar-refractivity contribution in [2.45, 2.75) is 62.6 Å². The highest BCUT2D eigenvalue weighted by Crippen LogP contribution is 2.36. The third kappa shape index (κ3) is 4.74. The van der Waals surface area contributed by atoms with Gasteiger partial charge in [0.25, 0.3) is 0 Å². The normalized spacial score (nSPS) is 26.2. The number of nitrogens with one attached hydrogen (secondary N) is 1. The molecule has 6 heteroatoms. The molecule has 5 nitrogen and oxygen atoms in total. The molecule has 32 heavy (non-hydrogen) atoms. The van der Waals surface area contributed by atoms with Gasteiger partial charge in [0.1, 0.15) is 11.9 Å². The van der Waals surface area contributed by atoms with Gasteiger partial charge in [-0.3, -0.25) is 0 Å². The van der Waals surface area contributed by atoms with Crippen LogP contribution in [0.1, 0.15) is 50.0 Å². The van der Waals surface area contributed by atoms with Crippen molar-refractivity contribution in [3.63, 3.8) is 0 Å². The second-order valence-electron chi connectivity index (χ2n) is 9.53. The maximum absolute atomic E-state index is 12.7. The van der Waals surface area contributed by atoms with Gasteiger partial charge in [0.15, 0.2) is 0 Å². The van der Waals surface area contributed by atoms with Crippen molar-refractivity contribution in [3.8, 4) is 5.75 Å². The first kappa shape index (κ1) is 21.6. The summed E-state index contributed by atoms with van der Waals surface area (Å²) in [6.07, 6.45) is 7.05. The van der Waals surface area contributed by atoms with E-state index in [2.05, 4.69) is 29.4 Å². The van der Waals surface area contributed by atoms with Crippen LogP contribution in [0.2, 0.25) is 5.02 Å². The Morgan fingerprint density at radius 1 is 0.938 bits per heavy atom. The Labute approximate surface area is 195 Å². The molecular weight excluding hydrogens is 422 g/mol. The number of benzene rings is 2. The Morgan fingerprint density at radius 3 is 2.19 bits per heavy atom. The molecule has 0 aromatic heterocycles. The summed E-state index contributed by atoms with van der Waals surface area (Å²) in [7, 11) is 2.25. The molecule has 3 aliphatic rings. The number of carbonyl (C=O) groups excluding carboxylic acids is 1. The minimum atomic E-state index is -0.0277. The van der Waals surface area contributed by atoms with E-state index in [0.717, 1.165) is 55.2 Å². The molecule has 3 fully saturated rings. The standard InChI is InChI=1S/C26H32ClN3O2/c1-29-22-8-9-23(29)17-25(16-22)32-24-10-6-21(7-11-24)28-26(31)30-14-12-19(13-15-30)18-2-4-20(27)5-3-18/h2-7,10-11,19,22-23,25H,8-9,12-17H2,1H3,(H,28,31)/t22-,23-/m0/s1. The second kappa shape index (κ2) is 9.32. The number of hydrogen-bond acceptors (Lipinski definition) is 3. The summed E-state index contributed by atoms with van der Waals surface area (Å²) in [4.78, 5) is 17.2. The highest BCUT2D eigenvalue weighted by atomic mass is 35.5. The molecule has 3 heterocycles. The number of hydrogen-bond donors (Lipinski definition) is 1. The van der Waals surface area contributed by atoms with Crippen LogP contribution < -0.4 is 10.1 Å². The van der Waals surface area contributed by atoms with E-state index >= 15 is 0 Å². The lowest BCUT2D eigenvalue weighted by Crippen LogP contribution is -2.43. The molecule has 3 aliphatic heterocycles. The topological polar surface area (TPSA) is 44.8 Å². The molecule has 0 radical (unpaired) electrons.